The zero-order valence-electron chi connectivity index (χ0n) is 11.8. The first-order valence-electron chi connectivity index (χ1n) is 6.43. The fourth-order valence-corrected chi connectivity index (χ4v) is 2.90. The summed E-state index contributed by atoms with van der Waals surface area (Å²) in [6.07, 6.45) is 0. The van der Waals surface area contributed by atoms with Gasteiger partial charge in [-0.2, -0.15) is 4.98 Å². The average Bonchev–Trinajstić information content (AvgIpc) is 2.88. The van der Waals surface area contributed by atoms with Gasteiger partial charge in [0.2, 0.25) is 5.95 Å². The minimum Gasteiger partial charge on any atom is -0.362 e. The van der Waals surface area contributed by atoms with Crippen LogP contribution in [-0.2, 0) is 0 Å². The van der Waals surface area contributed by atoms with Crippen LogP contribution in [0.2, 0.25) is 0 Å². The molecule has 0 radical (unpaired) electrons. The monoisotopic (exact) mass is 276 g/mol. The molecule has 2 heterocycles. The van der Waals surface area contributed by atoms with Gasteiger partial charge in [0, 0.05) is 23.7 Å². The Labute approximate surface area is 118 Å². The highest BCUT2D eigenvalue weighted by atomic mass is 32.1. The highest BCUT2D eigenvalue weighted by molar-refractivity contribution is 7.10. The third-order valence-corrected chi connectivity index (χ3v) is 3.85. The third kappa shape index (κ3) is 3.44. The van der Waals surface area contributed by atoms with Gasteiger partial charge < -0.3 is 10.6 Å². The molecule has 1 unspecified atom stereocenters. The molecule has 0 aliphatic heterocycles. The van der Waals surface area contributed by atoms with Crippen molar-refractivity contribution in [2.45, 2.75) is 26.8 Å². The molecule has 0 amide bonds. The zero-order valence-corrected chi connectivity index (χ0v) is 12.6. The van der Waals surface area contributed by atoms with Gasteiger partial charge in [0.25, 0.3) is 0 Å². The first kappa shape index (κ1) is 13.8. The lowest BCUT2D eigenvalue weighted by atomic mass is 10.0. The molecule has 2 aromatic heterocycles. The Balaban J connectivity index is 2.24. The summed E-state index contributed by atoms with van der Waals surface area (Å²) in [5.74, 6) is 2.01. The van der Waals surface area contributed by atoms with Gasteiger partial charge in [-0.1, -0.05) is 19.9 Å². The van der Waals surface area contributed by atoms with Crippen molar-refractivity contribution in [3.63, 3.8) is 0 Å². The molecule has 0 aromatic carbocycles. The SMILES string of the molecule is CNc1nc(C)cc(NC(c2cccs2)C(C)C)n1. The van der Waals surface area contributed by atoms with E-state index in [1.165, 1.54) is 4.88 Å². The lowest BCUT2D eigenvalue weighted by Crippen LogP contribution is -2.17. The van der Waals surface area contributed by atoms with Crippen molar-refractivity contribution in [1.82, 2.24) is 9.97 Å². The molecule has 4 nitrogen and oxygen atoms in total. The second kappa shape index (κ2) is 6.02. The summed E-state index contributed by atoms with van der Waals surface area (Å²) in [7, 11) is 1.83. The lowest BCUT2D eigenvalue weighted by molar-refractivity contribution is 0.552. The van der Waals surface area contributed by atoms with Crippen molar-refractivity contribution in [3.05, 3.63) is 34.2 Å². The van der Waals surface area contributed by atoms with E-state index in [1.807, 2.05) is 20.0 Å². The van der Waals surface area contributed by atoms with E-state index >= 15 is 0 Å². The molecular weight excluding hydrogens is 256 g/mol. The number of hydrogen-bond donors (Lipinski definition) is 2. The minimum atomic E-state index is 0.277. The summed E-state index contributed by atoms with van der Waals surface area (Å²) in [6, 6.07) is 6.50. The second-order valence-corrected chi connectivity index (χ2v) is 5.83. The Hall–Kier alpha value is -1.62. The molecule has 19 heavy (non-hydrogen) atoms. The summed E-state index contributed by atoms with van der Waals surface area (Å²) in [6.45, 7) is 6.40. The normalized spacial score (nSPS) is 12.5. The molecule has 2 N–H and O–H groups in total. The second-order valence-electron chi connectivity index (χ2n) is 4.85. The fraction of sp³-hybridized carbons (Fsp3) is 0.429. The van der Waals surface area contributed by atoms with E-state index in [9.17, 15) is 0 Å². The van der Waals surface area contributed by atoms with Crippen molar-refractivity contribution in [3.8, 4) is 0 Å². The number of aromatic nitrogens is 2. The predicted molar refractivity (Wildman–Crippen MR) is 81.8 cm³/mol. The number of rotatable bonds is 5. The van der Waals surface area contributed by atoms with Gasteiger partial charge in [0.15, 0.2) is 0 Å². The van der Waals surface area contributed by atoms with Crippen molar-refractivity contribution in [1.29, 1.82) is 0 Å². The van der Waals surface area contributed by atoms with Gasteiger partial charge in [-0.15, -0.1) is 11.3 Å². The largest absolute Gasteiger partial charge is 0.362 e. The molecule has 2 rings (SSSR count). The number of aryl methyl sites for hydroxylation is 1. The Morgan fingerprint density at radius 2 is 2.05 bits per heavy atom. The van der Waals surface area contributed by atoms with Crippen molar-refractivity contribution >= 4 is 23.1 Å². The highest BCUT2D eigenvalue weighted by Gasteiger charge is 2.17. The van der Waals surface area contributed by atoms with E-state index in [2.05, 4.69) is 52.0 Å². The van der Waals surface area contributed by atoms with E-state index in [1.54, 1.807) is 11.3 Å². The number of hydrogen-bond acceptors (Lipinski definition) is 5. The number of thiophene rings is 1. The van der Waals surface area contributed by atoms with Gasteiger partial charge in [0.1, 0.15) is 5.82 Å². The quantitative estimate of drug-likeness (QED) is 0.874. The molecule has 102 valence electrons. The van der Waals surface area contributed by atoms with E-state index in [-0.39, 0.29) is 6.04 Å². The molecule has 2 aromatic rings. The van der Waals surface area contributed by atoms with Crippen LogP contribution in [-0.4, -0.2) is 17.0 Å². The number of nitrogens with one attached hydrogen (secondary N) is 2. The molecule has 0 fully saturated rings. The molecule has 0 bridgehead atoms. The van der Waals surface area contributed by atoms with Crippen LogP contribution in [0.4, 0.5) is 11.8 Å². The van der Waals surface area contributed by atoms with Gasteiger partial charge in [-0.25, -0.2) is 4.98 Å². The summed E-state index contributed by atoms with van der Waals surface area (Å²) in [5.41, 5.74) is 0.954. The molecule has 5 heteroatoms. The van der Waals surface area contributed by atoms with E-state index in [0.29, 0.717) is 11.9 Å². The number of anilines is 2. The minimum absolute atomic E-state index is 0.277. The lowest BCUT2D eigenvalue weighted by Gasteiger charge is -2.22. The van der Waals surface area contributed by atoms with Crippen LogP contribution in [0.3, 0.4) is 0 Å². The average molecular weight is 276 g/mol. The zero-order chi connectivity index (χ0) is 13.8. The fourth-order valence-electron chi connectivity index (χ4n) is 1.95. The molecular formula is C14H20N4S. The maximum atomic E-state index is 4.46. The summed E-state index contributed by atoms with van der Waals surface area (Å²) in [4.78, 5) is 10.1. The Bertz CT molecular complexity index is 522. The first-order chi connectivity index (χ1) is 9.10. The molecule has 1 atom stereocenters. The third-order valence-electron chi connectivity index (χ3n) is 2.90. The van der Waals surface area contributed by atoms with Crippen molar-refractivity contribution in [2.24, 2.45) is 5.92 Å². The molecule has 0 spiro atoms. The van der Waals surface area contributed by atoms with Crippen LogP contribution in [0.15, 0.2) is 23.6 Å². The maximum Gasteiger partial charge on any atom is 0.224 e. The summed E-state index contributed by atoms with van der Waals surface area (Å²) < 4.78 is 0. The van der Waals surface area contributed by atoms with E-state index < -0.39 is 0 Å². The standard InChI is InChI=1S/C14H20N4S/c1-9(2)13(11-6-5-7-19-11)17-12-8-10(3)16-14(15-4)18-12/h5-9,13H,1-4H3,(H2,15,16,17,18). The van der Waals surface area contributed by atoms with Crippen molar-refractivity contribution < 1.29 is 0 Å². The highest BCUT2D eigenvalue weighted by Crippen LogP contribution is 2.29. The maximum absolute atomic E-state index is 4.46. The summed E-state index contributed by atoms with van der Waals surface area (Å²) in [5, 5.41) is 8.61. The smallest absolute Gasteiger partial charge is 0.224 e. The van der Waals surface area contributed by atoms with E-state index in [4.69, 9.17) is 0 Å². The Morgan fingerprint density at radius 1 is 1.26 bits per heavy atom. The van der Waals surface area contributed by atoms with Crippen LogP contribution in [0.5, 0.6) is 0 Å². The van der Waals surface area contributed by atoms with Crippen LogP contribution in [0, 0.1) is 12.8 Å². The van der Waals surface area contributed by atoms with Gasteiger partial charge in [-0.05, 0) is 24.3 Å². The predicted octanol–water partition coefficient (Wildman–Crippen LogP) is 3.70. The van der Waals surface area contributed by atoms with Gasteiger partial charge in [-0.3, -0.25) is 0 Å². The molecule has 0 saturated heterocycles. The molecule has 0 saturated carbocycles. The molecule has 0 aliphatic rings. The topological polar surface area (TPSA) is 49.8 Å². The van der Waals surface area contributed by atoms with Gasteiger partial charge in [0.05, 0.1) is 6.04 Å². The Morgan fingerprint density at radius 3 is 2.63 bits per heavy atom. The van der Waals surface area contributed by atoms with Crippen LogP contribution >= 0.6 is 11.3 Å². The van der Waals surface area contributed by atoms with Crippen LogP contribution in [0.25, 0.3) is 0 Å². The summed E-state index contributed by atoms with van der Waals surface area (Å²) >= 11 is 1.77. The van der Waals surface area contributed by atoms with Crippen molar-refractivity contribution in [2.75, 3.05) is 17.7 Å². The number of nitrogens with zero attached hydrogens (tertiary/aromatic N) is 2. The van der Waals surface area contributed by atoms with Crippen LogP contribution < -0.4 is 10.6 Å². The van der Waals surface area contributed by atoms with Gasteiger partial charge >= 0.3 is 0 Å². The van der Waals surface area contributed by atoms with E-state index in [0.717, 1.165) is 11.5 Å². The van der Waals surface area contributed by atoms with Crippen LogP contribution in [0.1, 0.15) is 30.5 Å². The Kier molecular flexibility index (Phi) is 4.37. The first-order valence-corrected chi connectivity index (χ1v) is 7.31. The molecule has 0 aliphatic carbocycles.